The number of nitrogens with zero attached hydrogens (tertiary/aromatic N) is 2. The minimum Gasteiger partial charge on any atom is -0.508 e. The number of likely N-dealkylation sites (N-methyl/N-ethyl adjacent to an activating group) is 1. The van der Waals surface area contributed by atoms with Crippen LogP contribution in [-0.2, 0) is 16.0 Å². The molecule has 8 heteroatoms. The maximum absolute atomic E-state index is 12.5. The number of nitrogens with two attached hydrogens (primary N) is 1. The lowest BCUT2D eigenvalue weighted by atomic mass is 9.91. The van der Waals surface area contributed by atoms with Crippen LogP contribution in [0.1, 0.15) is 18.4 Å². The fourth-order valence-corrected chi connectivity index (χ4v) is 3.39. The Morgan fingerprint density at radius 2 is 1.92 bits per heavy atom. The molecule has 1 spiro atoms. The molecule has 2 heterocycles. The van der Waals surface area contributed by atoms with E-state index in [4.69, 9.17) is 10.5 Å². The van der Waals surface area contributed by atoms with E-state index in [-0.39, 0.29) is 30.2 Å². The third-order valence-electron chi connectivity index (χ3n) is 4.84. The molecular formula is C17H24ClN3O4. The van der Waals surface area contributed by atoms with Crippen molar-refractivity contribution < 1.29 is 19.4 Å². The van der Waals surface area contributed by atoms with Crippen molar-refractivity contribution in [3.63, 3.8) is 0 Å². The van der Waals surface area contributed by atoms with Gasteiger partial charge in [0, 0.05) is 33.0 Å². The van der Waals surface area contributed by atoms with E-state index in [0.717, 1.165) is 5.56 Å². The second-order valence-electron chi connectivity index (χ2n) is 6.71. The molecule has 2 aliphatic rings. The predicted octanol–water partition coefficient (Wildman–Crippen LogP) is 1.13. The number of amides is 2. The molecule has 0 radical (unpaired) electrons. The number of piperidine rings is 1. The average molecular weight is 370 g/mol. The molecule has 3 rings (SSSR count). The second kappa shape index (κ2) is 7.49. The van der Waals surface area contributed by atoms with E-state index >= 15 is 0 Å². The average Bonchev–Trinajstić information content (AvgIpc) is 2.83. The fourth-order valence-electron chi connectivity index (χ4n) is 3.39. The zero-order chi connectivity index (χ0) is 17.3. The molecule has 0 aromatic heterocycles. The summed E-state index contributed by atoms with van der Waals surface area (Å²) in [6.07, 6.45) is 1.42. The van der Waals surface area contributed by atoms with Crippen LogP contribution in [0.2, 0.25) is 0 Å². The van der Waals surface area contributed by atoms with Gasteiger partial charge in [0.1, 0.15) is 11.4 Å². The summed E-state index contributed by atoms with van der Waals surface area (Å²) < 4.78 is 5.49. The van der Waals surface area contributed by atoms with Gasteiger partial charge in [-0.2, -0.15) is 0 Å². The van der Waals surface area contributed by atoms with E-state index in [1.807, 2.05) is 0 Å². The Labute approximate surface area is 153 Å². The number of ether oxygens (including phenoxy) is 1. The van der Waals surface area contributed by atoms with Gasteiger partial charge in [-0.15, -0.1) is 12.4 Å². The zero-order valence-electron chi connectivity index (χ0n) is 14.2. The quantitative estimate of drug-likeness (QED) is 0.832. The predicted molar refractivity (Wildman–Crippen MR) is 94.7 cm³/mol. The van der Waals surface area contributed by atoms with E-state index in [2.05, 4.69) is 0 Å². The first kappa shape index (κ1) is 19.3. The molecule has 0 aliphatic carbocycles. The van der Waals surface area contributed by atoms with Gasteiger partial charge in [0.15, 0.2) is 0 Å². The molecule has 1 atom stereocenters. The lowest BCUT2D eigenvalue weighted by Gasteiger charge is -2.38. The van der Waals surface area contributed by atoms with Crippen LogP contribution in [0.15, 0.2) is 24.3 Å². The minimum atomic E-state index is -0.614. The van der Waals surface area contributed by atoms with E-state index in [9.17, 15) is 14.7 Å². The standard InChI is InChI=1S/C17H23N3O4.ClH/c1-19-11-17(24-16(19)23)6-8-20(9-7-17)15(22)14(18)10-12-2-4-13(21)5-3-12;/h2-5,14,21H,6-11,18H2,1H3;1H/t14-;/m0./s1. The first-order valence-corrected chi connectivity index (χ1v) is 8.15. The summed E-state index contributed by atoms with van der Waals surface area (Å²) in [7, 11) is 1.72. The Balaban J connectivity index is 0.00000225. The highest BCUT2D eigenvalue weighted by Crippen LogP contribution is 2.32. The Bertz CT molecular complexity index is 629. The van der Waals surface area contributed by atoms with Crippen LogP contribution in [0.5, 0.6) is 5.75 Å². The van der Waals surface area contributed by atoms with Gasteiger partial charge < -0.3 is 25.4 Å². The molecule has 2 aliphatic heterocycles. The van der Waals surface area contributed by atoms with Crippen molar-refractivity contribution in [2.45, 2.75) is 30.9 Å². The SMILES string of the molecule is CN1CC2(CCN(C(=O)[C@@H](N)Cc3ccc(O)cc3)CC2)OC1=O.Cl. The molecule has 2 saturated heterocycles. The molecule has 0 unspecified atom stereocenters. The molecule has 0 saturated carbocycles. The van der Waals surface area contributed by atoms with Gasteiger partial charge in [-0.25, -0.2) is 4.79 Å². The number of likely N-dealkylation sites (tertiary alicyclic amines) is 1. The smallest absolute Gasteiger partial charge is 0.410 e. The van der Waals surface area contributed by atoms with Gasteiger partial charge in [0.05, 0.1) is 12.6 Å². The highest BCUT2D eigenvalue weighted by Gasteiger charge is 2.46. The summed E-state index contributed by atoms with van der Waals surface area (Å²) in [5.41, 5.74) is 6.52. The van der Waals surface area contributed by atoms with Crippen LogP contribution in [0.25, 0.3) is 0 Å². The Morgan fingerprint density at radius 3 is 2.44 bits per heavy atom. The minimum absolute atomic E-state index is 0. The number of benzene rings is 1. The van der Waals surface area contributed by atoms with Crippen molar-refractivity contribution in [3.05, 3.63) is 29.8 Å². The van der Waals surface area contributed by atoms with Crippen molar-refractivity contribution in [3.8, 4) is 5.75 Å². The number of carbonyl (C=O) groups excluding carboxylic acids is 2. The van der Waals surface area contributed by atoms with E-state index in [1.54, 1.807) is 41.1 Å². The molecule has 0 bridgehead atoms. The summed E-state index contributed by atoms with van der Waals surface area (Å²) in [5, 5.41) is 9.30. The monoisotopic (exact) mass is 369 g/mol. The van der Waals surface area contributed by atoms with E-state index < -0.39 is 11.6 Å². The van der Waals surface area contributed by atoms with Gasteiger partial charge in [-0.3, -0.25) is 4.79 Å². The van der Waals surface area contributed by atoms with Crippen molar-refractivity contribution in [2.75, 3.05) is 26.7 Å². The Kier molecular flexibility index (Phi) is 5.80. The van der Waals surface area contributed by atoms with Crippen molar-refractivity contribution in [2.24, 2.45) is 5.73 Å². The summed E-state index contributed by atoms with van der Waals surface area (Å²) >= 11 is 0. The maximum atomic E-state index is 12.5. The Hall–Kier alpha value is -1.99. The topological polar surface area (TPSA) is 96.1 Å². The molecule has 2 fully saturated rings. The van der Waals surface area contributed by atoms with Crippen molar-refractivity contribution in [1.29, 1.82) is 0 Å². The highest BCUT2D eigenvalue weighted by atomic mass is 35.5. The number of aromatic hydroxyl groups is 1. The normalized spacial score (nSPS) is 20.2. The lowest BCUT2D eigenvalue weighted by molar-refractivity contribution is -0.135. The largest absolute Gasteiger partial charge is 0.508 e. The van der Waals surface area contributed by atoms with Crippen LogP contribution in [-0.4, -0.2) is 65.2 Å². The first-order valence-electron chi connectivity index (χ1n) is 8.15. The number of hydrogen-bond donors (Lipinski definition) is 2. The Morgan fingerprint density at radius 1 is 1.32 bits per heavy atom. The van der Waals surface area contributed by atoms with Gasteiger partial charge in [0.25, 0.3) is 0 Å². The summed E-state index contributed by atoms with van der Waals surface area (Å²) in [4.78, 5) is 27.4. The number of halogens is 1. The van der Waals surface area contributed by atoms with Crippen LogP contribution < -0.4 is 5.73 Å². The van der Waals surface area contributed by atoms with Gasteiger partial charge in [-0.05, 0) is 24.1 Å². The molecule has 2 amide bonds. The first-order chi connectivity index (χ1) is 11.4. The number of carbonyl (C=O) groups is 2. The second-order valence-corrected chi connectivity index (χ2v) is 6.71. The maximum Gasteiger partial charge on any atom is 0.410 e. The molecule has 7 nitrogen and oxygen atoms in total. The fraction of sp³-hybridized carbons (Fsp3) is 0.529. The van der Waals surface area contributed by atoms with Crippen LogP contribution in [0.4, 0.5) is 4.79 Å². The van der Waals surface area contributed by atoms with Crippen LogP contribution in [0.3, 0.4) is 0 Å². The van der Waals surface area contributed by atoms with Crippen molar-refractivity contribution >= 4 is 24.4 Å². The zero-order valence-corrected chi connectivity index (χ0v) is 15.0. The van der Waals surface area contributed by atoms with Gasteiger partial charge in [-0.1, -0.05) is 12.1 Å². The highest BCUT2D eigenvalue weighted by molar-refractivity contribution is 5.85. The summed E-state index contributed by atoms with van der Waals surface area (Å²) in [5.74, 6) is 0.103. The van der Waals surface area contributed by atoms with E-state index in [0.29, 0.717) is 38.9 Å². The number of phenols is 1. The van der Waals surface area contributed by atoms with Gasteiger partial charge in [0.2, 0.25) is 5.91 Å². The molecule has 138 valence electrons. The summed E-state index contributed by atoms with van der Waals surface area (Å²) in [6.45, 7) is 1.67. The number of rotatable bonds is 3. The molecule has 1 aromatic carbocycles. The van der Waals surface area contributed by atoms with E-state index in [1.165, 1.54) is 0 Å². The molecule has 3 N–H and O–H groups in total. The van der Waals surface area contributed by atoms with Crippen LogP contribution in [0, 0.1) is 0 Å². The number of phenolic OH excluding ortho intramolecular Hbond substituents is 1. The van der Waals surface area contributed by atoms with Gasteiger partial charge >= 0.3 is 6.09 Å². The lowest BCUT2D eigenvalue weighted by Crippen LogP contribution is -2.53. The third kappa shape index (κ3) is 4.16. The molecule has 25 heavy (non-hydrogen) atoms. The molecule has 1 aromatic rings. The molecular weight excluding hydrogens is 346 g/mol. The number of hydrogen-bond acceptors (Lipinski definition) is 5. The summed E-state index contributed by atoms with van der Waals surface area (Å²) in [6, 6.07) is 6.09. The third-order valence-corrected chi connectivity index (χ3v) is 4.84. The van der Waals surface area contributed by atoms with Crippen LogP contribution >= 0.6 is 12.4 Å². The van der Waals surface area contributed by atoms with Crippen molar-refractivity contribution in [1.82, 2.24) is 9.80 Å².